The van der Waals surface area contributed by atoms with Crippen LogP contribution in [-0.4, -0.2) is 57.3 Å². The minimum absolute atomic E-state index is 0.0404. The van der Waals surface area contributed by atoms with E-state index in [9.17, 15) is 9.59 Å². The second-order valence-corrected chi connectivity index (χ2v) is 7.68. The van der Waals surface area contributed by atoms with Gasteiger partial charge in [0, 0.05) is 38.2 Å². The van der Waals surface area contributed by atoms with E-state index in [1.54, 1.807) is 0 Å². The number of carbonyl (C=O) groups is 2. The molecule has 4 rings (SSSR count). The molecule has 1 aliphatic rings. The van der Waals surface area contributed by atoms with Gasteiger partial charge in [-0.1, -0.05) is 38.1 Å². The average molecular weight is 405 g/mol. The van der Waals surface area contributed by atoms with Gasteiger partial charge < -0.3 is 14.4 Å². The van der Waals surface area contributed by atoms with Crippen LogP contribution in [0.2, 0.25) is 0 Å². The molecule has 0 aliphatic carbocycles. The monoisotopic (exact) mass is 404 g/mol. The maximum absolute atomic E-state index is 13.0. The molecule has 1 aliphatic heterocycles. The molecule has 0 saturated carbocycles. The molecule has 0 N–H and O–H groups in total. The van der Waals surface area contributed by atoms with Crippen LogP contribution in [0.15, 0.2) is 48.5 Å². The van der Waals surface area contributed by atoms with Crippen molar-refractivity contribution in [1.29, 1.82) is 0 Å². The van der Waals surface area contributed by atoms with Crippen molar-refractivity contribution in [1.82, 2.24) is 19.4 Å². The summed E-state index contributed by atoms with van der Waals surface area (Å²) in [4.78, 5) is 34.1. The fourth-order valence-electron chi connectivity index (χ4n) is 4.03. The number of aryl methyl sites for hydroxylation is 2. The van der Waals surface area contributed by atoms with Gasteiger partial charge in [0.05, 0.1) is 11.0 Å². The third-order valence-corrected chi connectivity index (χ3v) is 5.87. The van der Waals surface area contributed by atoms with Gasteiger partial charge in [-0.3, -0.25) is 9.59 Å². The molecule has 1 saturated heterocycles. The maximum atomic E-state index is 13.0. The number of amides is 2. The predicted molar refractivity (Wildman–Crippen MR) is 117 cm³/mol. The van der Waals surface area contributed by atoms with Crippen LogP contribution in [0, 0.1) is 0 Å². The summed E-state index contributed by atoms with van der Waals surface area (Å²) in [7, 11) is 0. The Morgan fingerprint density at radius 3 is 2.20 bits per heavy atom. The van der Waals surface area contributed by atoms with Crippen molar-refractivity contribution in [3.05, 3.63) is 65.5 Å². The lowest BCUT2D eigenvalue weighted by molar-refractivity contribution is -0.133. The van der Waals surface area contributed by atoms with E-state index in [1.807, 2.05) is 62.9 Å². The summed E-state index contributed by atoms with van der Waals surface area (Å²) in [6.07, 6.45) is 1.74. The number of nitrogens with zero attached hydrogens (tertiary/aromatic N) is 4. The van der Waals surface area contributed by atoms with Gasteiger partial charge in [-0.15, -0.1) is 0 Å². The summed E-state index contributed by atoms with van der Waals surface area (Å²) in [5.74, 6) is 1.04. The molecule has 3 aromatic rings. The highest BCUT2D eigenvalue weighted by atomic mass is 16.2. The van der Waals surface area contributed by atoms with Gasteiger partial charge in [-0.05, 0) is 36.2 Å². The van der Waals surface area contributed by atoms with Crippen molar-refractivity contribution in [3.63, 3.8) is 0 Å². The number of rotatable bonds is 5. The lowest BCUT2D eigenvalue weighted by Crippen LogP contribution is -2.51. The summed E-state index contributed by atoms with van der Waals surface area (Å²) in [5.41, 5.74) is 3.85. The molecule has 6 nitrogen and oxygen atoms in total. The summed E-state index contributed by atoms with van der Waals surface area (Å²) >= 11 is 0. The Bertz CT molecular complexity index is 1050. The number of hydrogen-bond acceptors (Lipinski definition) is 3. The van der Waals surface area contributed by atoms with Crippen molar-refractivity contribution >= 4 is 22.8 Å². The number of carbonyl (C=O) groups excluding carboxylic acids is 2. The van der Waals surface area contributed by atoms with E-state index in [-0.39, 0.29) is 18.4 Å². The fraction of sp³-hybridized carbons (Fsp3) is 0.375. The smallest absolute Gasteiger partial charge is 0.253 e. The fourth-order valence-corrected chi connectivity index (χ4v) is 4.03. The maximum Gasteiger partial charge on any atom is 0.253 e. The quantitative estimate of drug-likeness (QED) is 0.656. The standard InChI is InChI=1S/C24H28N4O2/c1-3-18-9-11-19(12-10-18)24(30)27-15-13-26(14-16-27)23(29)17-28-21-8-6-5-7-20(21)25-22(28)4-2/h5-12H,3-4,13-17H2,1-2H3. The van der Waals surface area contributed by atoms with E-state index in [4.69, 9.17) is 0 Å². The number of aromatic nitrogens is 2. The van der Waals surface area contributed by atoms with Gasteiger partial charge in [0.1, 0.15) is 12.4 Å². The van der Waals surface area contributed by atoms with Crippen molar-refractivity contribution in [2.45, 2.75) is 33.2 Å². The summed E-state index contributed by atoms with van der Waals surface area (Å²) < 4.78 is 2.02. The molecule has 0 atom stereocenters. The van der Waals surface area contributed by atoms with Crippen LogP contribution in [0.1, 0.15) is 35.6 Å². The van der Waals surface area contributed by atoms with E-state index >= 15 is 0 Å². The van der Waals surface area contributed by atoms with Gasteiger partial charge in [0.25, 0.3) is 5.91 Å². The Morgan fingerprint density at radius 1 is 0.867 bits per heavy atom. The first-order chi connectivity index (χ1) is 14.6. The van der Waals surface area contributed by atoms with E-state index < -0.39 is 0 Å². The molecular weight excluding hydrogens is 376 g/mol. The third kappa shape index (κ3) is 3.95. The number of fused-ring (bicyclic) bond motifs is 1. The van der Waals surface area contributed by atoms with E-state index in [1.165, 1.54) is 5.56 Å². The summed E-state index contributed by atoms with van der Waals surface area (Å²) in [5, 5.41) is 0. The minimum Gasteiger partial charge on any atom is -0.338 e. The lowest BCUT2D eigenvalue weighted by atomic mass is 10.1. The van der Waals surface area contributed by atoms with Crippen molar-refractivity contribution in [2.75, 3.05) is 26.2 Å². The predicted octanol–water partition coefficient (Wildman–Crippen LogP) is 3.15. The largest absolute Gasteiger partial charge is 0.338 e. The SMILES string of the molecule is CCc1ccc(C(=O)N2CCN(C(=O)Cn3c(CC)nc4ccccc43)CC2)cc1. The van der Waals surface area contributed by atoms with Gasteiger partial charge in [-0.25, -0.2) is 4.98 Å². The summed E-state index contributed by atoms with van der Waals surface area (Å²) in [6.45, 7) is 6.69. The lowest BCUT2D eigenvalue weighted by Gasteiger charge is -2.35. The highest BCUT2D eigenvalue weighted by Gasteiger charge is 2.25. The highest BCUT2D eigenvalue weighted by molar-refractivity contribution is 5.94. The highest BCUT2D eigenvalue weighted by Crippen LogP contribution is 2.17. The van der Waals surface area contributed by atoms with Crippen LogP contribution >= 0.6 is 0 Å². The first kappa shape index (κ1) is 20.1. The zero-order valence-electron chi connectivity index (χ0n) is 17.7. The molecule has 0 unspecified atom stereocenters. The van der Waals surface area contributed by atoms with E-state index in [2.05, 4.69) is 18.8 Å². The average Bonchev–Trinajstić information content (AvgIpc) is 3.16. The molecule has 2 heterocycles. The van der Waals surface area contributed by atoms with Gasteiger partial charge in [0.15, 0.2) is 0 Å². The minimum atomic E-state index is 0.0404. The van der Waals surface area contributed by atoms with Crippen LogP contribution < -0.4 is 0 Å². The first-order valence-electron chi connectivity index (χ1n) is 10.7. The number of imidazole rings is 1. The zero-order chi connectivity index (χ0) is 21.1. The Balaban J connectivity index is 1.39. The van der Waals surface area contributed by atoms with Crippen molar-refractivity contribution in [3.8, 4) is 0 Å². The second-order valence-electron chi connectivity index (χ2n) is 7.68. The van der Waals surface area contributed by atoms with Crippen LogP contribution in [0.4, 0.5) is 0 Å². The van der Waals surface area contributed by atoms with Gasteiger partial charge >= 0.3 is 0 Å². The number of para-hydroxylation sites is 2. The van der Waals surface area contributed by atoms with E-state index in [0.29, 0.717) is 31.7 Å². The zero-order valence-corrected chi connectivity index (χ0v) is 17.7. The third-order valence-electron chi connectivity index (χ3n) is 5.87. The number of benzene rings is 2. The molecule has 0 spiro atoms. The first-order valence-corrected chi connectivity index (χ1v) is 10.7. The molecule has 0 bridgehead atoms. The summed E-state index contributed by atoms with van der Waals surface area (Å²) in [6, 6.07) is 15.7. The van der Waals surface area contributed by atoms with Crippen LogP contribution in [-0.2, 0) is 24.2 Å². The Morgan fingerprint density at radius 2 is 1.53 bits per heavy atom. The normalized spacial score (nSPS) is 14.3. The van der Waals surface area contributed by atoms with Crippen molar-refractivity contribution < 1.29 is 9.59 Å². The van der Waals surface area contributed by atoms with Crippen LogP contribution in [0.5, 0.6) is 0 Å². The second kappa shape index (κ2) is 8.69. The van der Waals surface area contributed by atoms with Gasteiger partial charge in [-0.2, -0.15) is 0 Å². The molecule has 30 heavy (non-hydrogen) atoms. The Labute approximate surface area is 177 Å². The molecule has 2 aromatic carbocycles. The Hall–Kier alpha value is -3.15. The number of hydrogen-bond donors (Lipinski definition) is 0. The molecule has 156 valence electrons. The molecule has 1 fully saturated rings. The van der Waals surface area contributed by atoms with E-state index in [0.717, 1.165) is 29.7 Å². The van der Waals surface area contributed by atoms with Crippen LogP contribution in [0.3, 0.4) is 0 Å². The Kier molecular flexibility index (Phi) is 5.84. The molecule has 6 heteroatoms. The topological polar surface area (TPSA) is 58.4 Å². The van der Waals surface area contributed by atoms with Crippen molar-refractivity contribution in [2.24, 2.45) is 0 Å². The molecular formula is C24H28N4O2. The molecule has 0 radical (unpaired) electrons. The molecule has 1 aromatic heterocycles. The number of piperazine rings is 1. The molecule has 2 amide bonds. The van der Waals surface area contributed by atoms with Crippen LogP contribution in [0.25, 0.3) is 11.0 Å². The van der Waals surface area contributed by atoms with Gasteiger partial charge in [0.2, 0.25) is 5.91 Å².